The summed E-state index contributed by atoms with van der Waals surface area (Å²) in [6.45, 7) is 4.33. The Kier molecular flexibility index (Phi) is 4.97. The molecule has 0 fully saturated rings. The Morgan fingerprint density at radius 2 is 1.69 bits per heavy atom. The first kappa shape index (κ1) is 17.1. The number of thiophene rings is 2. The number of rotatable bonds is 6. The fraction of sp³-hybridized carbons (Fsp3) is 0.200. The highest BCUT2D eigenvalue weighted by atomic mass is 32.1. The van der Waals surface area contributed by atoms with Crippen LogP contribution < -0.4 is 5.56 Å². The van der Waals surface area contributed by atoms with E-state index in [-0.39, 0.29) is 5.56 Å². The average molecular weight is 382 g/mol. The summed E-state index contributed by atoms with van der Waals surface area (Å²) >= 11 is 3.51. The molecule has 26 heavy (non-hydrogen) atoms. The molecule has 4 rings (SSSR count). The number of aryl methyl sites for hydroxylation is 1. The minimum absolute atomic E-state index is 0.0269. The third-order valence-corrected chi connectivity index (χ3v) is 5.89. The van der Waals surface area contributed by atoms with Crippen molar-refractivity contribution in [1.82, 2.24) is 14.3 Å². The summed E-state index contributed by atoms with van der Waals surface area (Å²) in [5.41, 5.74) is 2.53. The highest BCUT2D eigenvalue weighted by Crippen LogP contribution is 2.19. The Balaban J connectivity index is 1.63. The van der Waals surface area contributed by atoms with Crippen molar-refractivity contribution < 1.29 is 0 Å². The lowest BCUT2D eigenvalue weighted by molar-refractivity contribution is 0.249. The topological polar surface area (TPSA) is 37.6 Å². The van der Waals surface area contributed by atoms with E-state index in [4.69, 9.17) is 4.98 Å². The zero-order valence-electron chi connectivity index (χ0n) is 14.5. The molecular weight excluding hydrogens is 362 g/mol. The summed E-state index contributed by atoms with van der Waals surface area (Å²) in [6.07, 6.45) is 1.84. The predicted octanol–water partition coefficient (Wildman–Crippen LogP) is 4.33. The average Bonchev–Trinajstić information content (AvgIpc) is 3.30. The molecule has 0 bridgehead atoms. The van der Waals surface area contributed by atoms with Crippen molar-refractivity contribution in [3.63, 3.8) is 0 Å². The molecule has 4 nitrogen and oxygen atoms in total. The van der Waals surface area contributed by atoms with Gasteiger partial charge in [0.15, 0.2) is 0 Å². The second-order valence-electron chi connectivity index (χ2n) is 6.32. The first-order valence-electron chi connectivity index (χ1n) is 8.43. The van der Waals surface area contributed by atoms with Gasteiger partial charge in [-0.05, 0) is 41.4 Å². The normalized spacial score (nSPS) is 11.5. The molecule has 6 heteroatoms. The highest BCUT2D eigenvalue weighted by Gasteiger charge is 2.12. The summed E-state index contributed by atoms with van der Waals surface area (Å²) in [7, 11) is 0. The molecule has 0 aliphatic carbocycles. The van der Waals surface area contributed by atoms with Crippen LogP contribution >= 0.6 is 22.7 Å². The van der Waals surface area contributed by atoms with Crippen molar-refractivity contribution >= 4 is 28.3 Å². The van der Waals surface area contributed by atoms with Gasteiger partial charge >= 0.3 is 0 Å². The van der Waals surface area contributed by atoms with Crippen molar-refractivity contribution in [2.75, 3.05) is 0 Å². The molecule has 0 spiro atoms. The van der Waals surface area contributed by atoms with E-state index in [2.05, 4.69) is 39.9 Å². The second-order valence-corrected chi connectivity index (χ2v) is 8.39. The van der Waals surface area contributed by atoms with Crippen LogP contribution in [0.3, 0.4) is 0 Å². The Morgan fingerprint density at radius 3 is 2.31 bits per heavy atom. The van der Waals surface area contributed by atoms with Gasteiger partial charge in [-0.25, -0.2) is 4.98 Å². The molecule has 0 saturated carbocycles. The Labute approximate surface area is 160 Å². The van der Waals surface area contributed by atoms with Crippen molar-refractivity contribution in [3.8, 4) is 0 Å². The van der Waals surface area contributed by atoms with E-state index >= 15 is 0 Å². The molecule has 4 aromatic rings. The van der Waals surface area contributed by atoms with E-state index in [1.165, 1.54) is 9.75 Å². The number of nitrogens with zero attached hydrogens (tertiary/aromatic N) is 3. The van der Waals surface area contributed by atoms with Crippen molar-refractivity contribution in [2.45, 2.75) is 26.6 Å². The largest absolute Gasteiger partial charge is 0.287 e. The van der Waals surface area contributed by atoms with Crippen LogP contribution in [0.1, 0.15) is 21.0 Å². The maximum Gasteiger partial charge on any atom is 0.258 e. The summed E-state index contributed by atoms with van der Waals surface area (Å²) in [5, 5.41) is 4.20. The van der Waals surface area contributed by atoms with Gasteiger partial charge in [-0.15, -0.1) is 22.7 Å². The summed E-state index contributed by atoms with van der Waals surface area (Å²) in [5.74, 6) is 0. The van der Waals surface area contributed by atoms with Gasteiger partial charge in [0.25, 0.3) is 5.56 Å². The van der Waals surface area contributed by atoms with Gasteiger partial charge < -0.3 is 0 Å². The van der Waals surface area contributed by atoms with Crippen LogP contribution in [0.2, 0.25) is 0 Å². The molecule has 0 radical (unpaired) electrons. The standard InChI is InChI=1S/C20H19N3OS2/c1-15-6-7-19-21-16(10-20(24)23(19)11-15)12-22(13-17-4-2-8-25-17)14-18-5-3-9-26-18/h2-11H,12-14H2,1H3. The van der Waals surface area contributed by atoms with Crippen LogP contribution in [0, 0.1) is 6.92 Å². The Morgan fingerprint density at radius 1 is 1.00 bits per heavy atom. The summed E-state index contributed by atoms with van der Waals surface area (Å²) in [4.78, 5) is 22.1. The Bertz CT molecular complexity index is 1020. The van der Waals surface area contributed by atoms with Gasteiger partial charge in [0.2, 0.25) is 0 Å². The minimum atomic E-state index is -0.0269. The molecule has 4 aromatic heterocycles. The SMILES string of the molecule is Cc1ccc2nc(CN(Cc3cccs3)Cc3cccs3)cc(=O)n2c1. The summed E-state index contributed by atoms with van der Waals surface area (Å²) in [6, 6.07) is 14.0. The third-order valence-electron chi connectivity index (χ3n) is 4.17. The van der Waals surface area contributed by atoms with Crippen molar-refractivity contribution in [3.05, 3.63) is 90.8 Å². The van der Waals surface area contributed by atoms with Gasteiger partial charge in [0.05, 0.1) is 5.69 Å². The smallest absolute Gasteiger partial charge is 0.258 e. The number of hydrogen-bond acceptors (Lipinski definition) is 5. The first-order valence-corrected chi connectivity index (χ1v) is 10.2. The maximum atomic E-state index is 12.5. The third kappa shape index (κ3) is 3.93. The van der Waals surface area contributed by atoms with Crippen molar-refractivity contribution in [1.29, 1.82) is 0 Å². The predicted molar refractivity (Wildman–Crippen MR) is 108 cm³/mol. The van der Waals surface area contributed by atoms with Crippen LogP contribution in [-0.2, 0) is 19.6 Å². The van der Waals surface area contributed by atoms with Gasteiger partial charge in [-0.3, -0.25) is 14.1 Å². The zero-order valence-corrected chi connectivity index (χ0v) is 16.1. The molecule has 0 amide bonds. The molecule has 0 aliphatic rings. The monoisotopic (exact) mass is 381 g/mol. The lowest BCUT2D eigenvalue weighted by Crippen LogP contribution is -2.24. The van der Waals surface area contributed by atoms with E-state index in [9.17, 15) is 4.79 Å². The van der Waals surface area contributed by atoms with E-state index in [1.807, 2.05) is 25.3 Å². The van der Waals surface area contributed by atoms with Crippen LogP contribution in [0.5, 0.6) is 0 Å². The molecule has 132 valence electrons. The fourth-order valence-electron chi connectivity index (χ4n) is 2.98. The fourth-order valence-corrected chi connectivity index (χ4v) is 4.47. The second kappa shape index (κ2) is 7.53. The molecule has 4 heterocycles. The zero-order chi connectivity index (χ0) is 17.9. The highest BCUT2D eigenvalue weighted by molar-refractivity contribution is 7.10. The van der Waals surface area contributed by atoms with E-state index in [0.29, 0.717) is 12.2 Å². The number of fused-ring (bicyclic) bond motifs is 1. The van der Waals surface area contributed by atoms with Crippen LogP contribution in [0.25, 0.3) is 5.65 Å². The summed E-state index contributed by atoms with van der Waals surface area (Å²) < 4.78 is 1.61. The molecule has 0 atom stereocenters. The van der Waals surface area contributed by atoms with Gasteiger partial charge in [0, 0.05) is 41.7 Å². The number of pyridine rings is 1. The van der Waals surface area contributed by atoms with Gasteiger partial charge in [0.1, 0.15) is 5.65 Å². The Hall–Kier alpha value is -2.28. The lowest BCUT2D eigenvalue weighted by Gasteiger charge is -2.20. The van der Waals surface area contributed by atoms with Crippen LogP contribution in [-0.4, -0.2) is 14.3 Å². The molecule has 0 aromatic carbocycles. The lowest BCUT2D eigenvalue weighted by atomic mass is 10.3. The van der Waals surface area contributed by atoms with E-state index < -0.39 is 0 Å². The molecule has 0 unspecified atom stereocenters. The molecular formula is C20H19N3OS2. The van der Waals surface area contributed by atoms with Crippen LogP contribution in [0.4, 0.5) is 0 Å². The van der Waals surface area contributed by atoms with E-state index in [1.54, 1.807) is 33.1 Å². The molecule has 0 aliphatic heterocycles. The van der Waals surface area contributed by atoms with Gasteiger partial charge in [-0.1, -0.05) is 18.2 Å². The van der Waals surface area contributed by atoms with E-state index in [0.717, 1.165) is 24.3 Å². The maximum absolute atomic E-state index is 12.5. The molecule has 0 saturated heterocycles. The number of hydrogen-bond donors (Lipinski definition) is 0. The van der Waals surface area contributed by atoms with Crippen molar-refractivity contribution in [2.24, 2.45) is 0 Å². The number of aromatic nitrogens is 2. The minimum Gasteiger partial charge on any atom is -0.287 e. The molecule has 0 N–H and O–H groups in total. The first-order chi connectivity index (χ1) is 12.7. The van der Waals surface area contributed by atoms with Crippen LogP contribution in [0.15, 0.2) is 64.2 Å². The quantitative estimate of drug-likeness (QED) is 0.499. The van der Waals surface area contributed by atoms with Gasteiger partial charge in [-0.2, -0.15) is 0 Å².